The number of pyridine rings is 1. The first kappa shape index (κ1) is 30.7. The largest absolute Gasteiger partial charge is 0.368 e. The molecule has 0 radical (unpaired) electrons. The van der Waals surface area contributed by atoms with Gasteiger partial charge in [0.1, 0.15) is 6.04 Å². The highest BCUT2D eigenvalue weighted by Crippen LogP contribution is 2.45. The average Bonchev–Trinajstić information content (AvgIpc) is 4.02. The van der Waals surface area contributed by atoms with E-state index in [-0.39, 0.29) is 17.9 Å². The zero-order valence-corrected chi connectivity index (χ0v) is 27.1. The highest BCUT2D eigenvalue weighted by molar-refractivity contribution is 6.30. The second-order valence-corrected chi connectivity index (χ2v) is 13.7. The first-order valence-corrected chi connectivity index (χ1v) is 17.1. The first-order valence-electron chi connectivity index (χ1n) is 16.7. The number of hydrogen-bond acceptors (Lipinski definition) is 5. The molecule has 2 heterocycles. The van der Waals surface area contributed by atoms with E-state index in [4.69, 9.17) is 11.6 Å². The Bertz CT molecular complexity index is 1680. The lowest BCUT2D eigenvalue weighted by molar-refractivity contribution is -0.133. The van der Waals surface area contributed by atoms with Crippen LogP contribution in [0, 0.1) is 11.8 Å². The number of halogens is 1. The summed E-state index contributed by atoms with van der Waals surface area (Å²) in [6.07, 6.45) is 7.55. The summed E-state index contributed by atoms with van der Waals surface area (Å²) in [5, 5.41) is 8.59. The highest BCUT2D eigenvalue weighted by Gasteiger charge is 2.42. The van der Waals surface area contributed by atoms with Crippen LogP contribution < -0.4 is 15.5 Å². The van der Waals surface area contributed by atoms with Crippen LogP contribution in [0.15, 0.2) is 85.1 Å². The van der Waals surface area contributed by atoms with Gasteiger partial charge in [0.05, 0.1) is 5.52 Å². The smallest absolute Gasteiger partial charge is 0.251 e. The Morgan fingerprint density at radius 1 is 0.891 bits per heavy atom. The molecular formula is C38H42ClN5O2. The number of benzene rings is 3. The Kier molecular flexibility index (Phi) is 8.96. The van der Waals surface area contributed by atoms with Crippen molar-refractivity contribution in [1.29, 1.82) is 0 Å². The normalized spacial score (nSPS) is 18.1. The van der Waals surface area contributed by atoms with Crippen LogP contribution >= 0.6 is 11.6 Å². The number of para-hydroxylation sites is 1. The van der Waals surface area contributed by atoms with Gasteiger partial charge in [0.15, 0.2) is 0 Å². The molecule has 0 bridgehead atoms. The van der Waals surface area contributed by atoms with Gasteiger partial charge in [-0.1, -0.05) is 48.0 Å². The number of carbonyl (C=O) groups is 2. The Balaban J connectivity index is 1.04. The Morgan fingerprint density at radius 2 is 1.61 bits per heavy atom. The molecule has 3 aliphatic rings. The van der Waals surface area contributed by atoms with E-state index in [0.29, 0.717) is 36.1 Å². The summed E-state index contributed by atoms with van der Waals surface area (Å²) >= 11 is 6.14. The molecule has 2 saturated carbocycles. The molecule has 4 aromatic rings. The molecule has 2 aliphatic carbocycles. The molecule has 1 aliphatic heterocycles. The van der Waals surface area contributed by atoms with Crippen LogP contribution in [0.25, 0.3) is 10.9 Å². The Labute approximate surface area is 276 Å². The maximum atomic E-state index is 14.1. The molecule has 0 spiro atoms. The minimum Gasteiger partial charge on any atom is -0.368 e. The topological polar surface area (TPSA) is 77.6 Å². The van der Waals surface area contributed by atoms with Crippen molar-refractivity contribution >= 4 is 40.0 Å². The summed E-state index contributed by atoms with van der Waals surface area (Å²) in [5.74, 6) is 1.35. The molecule has 7 nitrogen and oxygen atoms in total. The summed E-state index contributed by atoms with van der Waals surface area (Å²) < 4.78 is 0. The fourth-order valence-corrected chi connectivity index (χ4v) is 7.12. The van der Waals surface area contributed by atoms with Gasteiger partial charge in [-0.05, 0) is 98.0 Å². The molecule has 2 unspecified atom stereocenters. The standard InChI is InChI=1S/C38H42ClN5O2/c1-25(41-36(27-10-11-27)28-12-13-28)32-6-2-3-7-35(32)43-19-21-44(22-20-43)38(46)34(23-26-8-15-31(39)16-9-26)42-37(45)30-14-17-33-29(24-30)5-4-18-40-33/h2-9,14-18,24-25,27-28,34,36,41H,10-13,19-23H2,1H3,(H,42,45). The molecule has 3 fully saturated rings. The summed E-state index contributed by atoms with van der Waals surface area (Å²) in [6, 6.07) is 25.6. The summed E-state index contributed by atoms with van der Waals surface area (Å²) in [7, 11) is 0. The molecule has 7 rings (SSSR count). The van der Waals surface area contributed by atoms with Gasteiger partial charge in [0.2, 0.25) is 5.91 Å². The van der Waals surface area contributed by atoms with Gasteiger partial charge in [-0.25, -0.2) is 0 Å². The summed E-state index contributed by atoms with van der Waals surface area (Å²) in [4.78, 5) is 36.3. The number of hydrogen-bond donors (Lipinski definition) is 2. The lowest BCUT2D eigenvalue weighted by atomic mass is 10.0. The molecule has 46 heavy (non-hydrogen) atoms. The monoisotopic (exact) mass is 635 g/mol. The number of nitrogens with one attached hydrogen (secondary N) is 2. The van der Waals surface area contributed by atoms with Crippen LogP contribution in [-0.4, -0.2) is 60.0 Å². The van der Waals surface area contributed by atoms with E-state index >= 15 is 0 Å². The second kappa shape index (κ2) is 13.4. The molecular weight excluding hydrogens is 594 g/mol. The van der Waals surface area contributed by atoms with E-state index in [0.717, 1.165) is 41.4 Å². The second-order valence-electron chi connectivity index (χ2n) is 13.2. The minimum atomic E-state index is -0.705. The summed E-state index contributed by atoms with van der Waals surface area (Å²) in [6.45, 7) is 4.96. The number of nitrogens with zero attached hydrogens (tertiary/aromatic N) is 3. The number of fused-ring (bicyclic) bond motifs is 1. The number of carbonyl (C=O) groups excluding carboxylic acids is 2. The van der Waals surface area contributed by atoms with E-state index in [9.17, 15) is 9.59 Å². The van der Waals surface area contributed by atoms with Crippen LogP contribution in [-0.2, 0) is 11.2 Å². The van der Waals surface area contributed by atoms with Gasteiger partial charge >= 0.3 is 0 Å². The fourth-order valence-electron chi connectivity index (χ4n) is 6.99. The zero-order valence-electron chi connectivity index (χ0n) is 26.4. The molecule has 2 atom stereocenters. The van der Waals surface area contributed by atoms with Crippen molar-refractivity contribution in [3.8, 4) is 0 Å². The van der Waals surface area contributed by atoms with Crippen LogP contribution in [0.5, 0.6) is 0 Å². The van der Waals surface area contributed by atoms with Gasteiger partial charge < -0.3 is 20.4 Å². The third-order valence-corrected chi connectivity index (χ3v) is 10.1. The fraction of sp³-hybridized carbons (Fsp3) is 0.395. The van der Waals surface area contributed by atoms with Crippen molar-refractivity contribution < 1.29 is 9.59 Å². The molecule has 2 amide bonds. The molecule has 1 saturated heterocycles. The maximum Gasteiger partial charge on any atom is 0.251 e. The van der Waals surface area contributed by atoms with Crippen LogP contribution in [0.1, 0.15) is 60.1 Å². The Hall–Kier alpha value is -3.94. The van der Waals surface area contributed by atoms with E-state index < -0.39 is 6.04 Å². The zero-order chi connectivity index (χ0) is 31.6. The van der Waals surface area contributed by atoms with Gasteiger partial charge in [-0.15, -0.1) is 0 Å². The van der Waals surface area contributed by atoms with Gasteiger partial charge in [-0.3, -0.25) is 14.6 Å². The van der Waals surface area contributed by atoms with E-state index in [2.05, 4.69) is 51.7 Å². The van der Waals surface area contributed by atoms with E-state index in [1.807, 2.05) is 53.4 Å². The number of amides is 2. The molecule has 3 aromatic carbocycles. The number of anilines is 1. The van der Waals surface area contributed by atoms with Crippen molar-refractivity contribution in [2.45, 2.75) is 57.2 Å². The van der Waals surface area contributed by atoms with E-state index in [1.165, 1.54) is 36.9 Å². The third kappa shape index (κ3) is 7.06. The first-order chi connectivity index (χ1) is 22.4. The quantitative estimate of drug-likeness (QED) is 0.199. The SMILES string of the molecule is CC(NC(C1CC1)C1CC1)c1ccccc1N1CCN(C(=O)C(Cc2ccc(Cl)cc2)NC(=O)c2ccc3ncccc3c2)CC1. The average molecular weight is 636 g/mol. The van der Waals surface area contributed by atoms with Crippen LogP contribution in [0.2, 0.25) is 5.02 Å². The van der Waals surface area contributed by atoms with Crippen molar-refractivity contribution in [2.24, 2.45) is 11.8 Å². The lowest BCUT2D eigenvalue weighted by Gasteiger charge is -2.39. The maximum absolute atomic E-state index is 14.1. The number of rotatable bonds is 11. The Morgan fingerprint density at radius 3 is 2.33 bits per heavy atom. The van der Waals surface area contributed by atoms with Gasteiger partial charge in [0.25, 0.3) is 5.91 Å². The molecule has 8 heteroatoms. The number of aromatic nitrogens is 1. The van der Waals surface area contributed by atoms with Crippen molar-refractivity contribution in [3.05, 3.63) is 107 Å². The van der Waals surface area contributed by atoms with Crippen LogP contribution in [0.3, 0.4) is 0 Å². The van der Waals surface area contributed by atoms with Crippen molar-refractivity contribution in [3.63, 3.8) is 0 Å². The van der Waals surface area contributed by atoms with Crippen molar-refractivity contribution in [2.75, 3.05) is 31.1 Å². The predicted octanol–water partition coefficient (Wildman–Crippen LogP) is 6.42. The third-order valence-electron chi connectivity index (χ3n) is 9.86. The number of piperazine rings is 1. The van der Waals surface area contributed by atoms with Crippen LogP contribution in [0.4, 0.5) is 5.69 Å². The molecule has 2 N–H and O–H groups in total. The molecule has 1 aromatic heterocycles. The highest BCUT2D eigenvalue weighted by atomic mass is 35.5. The van der Waals surface area contributed by atoms with Crippen molar-refractivity contribution in [1.82, 2.24) is 20.5 Å². The lowest BCUT2D eigenvalue weighted by Crippen LogP contribution is -2.55. The van der Waals surface area contributed by atoms with E-state index in [1.54, 1.807) is 12.3 Å². The van der Waals surface area contributed by atoms with Gasteiger partial charge in [-0.2, -0.15) is 0 Å². The molecule has 238 valence electrons. The minimum absolute atomic E-state index is 0.0644. The predicted molar refractivity (Wildman–Crippen MR) is 184 cm³/mol. The summed E-state index contributed by atoms with van der Waals surface area (Å²) in [5.41, 5.74) is 4.84. The van der Waals surface area contributed by atoms with Gasteiger partial charge in [0, 0.05) is 72.5 Å².